The summed E-state index contributed by atoms with van der Waals surface area (Å²) >= 11 is 0. The lowest BCUT2D eigenvalue weighted by Gasteiger charge is -2.32. The number of piperidine rings is 1. The lowest BCUT2D eigenvalue weighted by Crippen LogP contribution is -2.42. The zero-order valence-corrected chi connectivity index (χ0v) is 12.4. The van der Waals surface area contributed by atoms with Gasteiger partial charge in [-0.15, -0.1) is 0 Å². The third kappa shape index (κ3) is 3.08. The molecule has 1 saturated heterocycles. The summed E-state index contributed by atoms with van der Waals surface area (Å²) < 4.78 is 0. The van der Waals surface area contributed by atoms with Gasteiger partial charge in [-0.2, -0.15) is 0 Å². The van der Waals surface area contributed by atoms with Crippen LogP contribution in [0.2, 0.25) is 0 Å². The lowest BCUT2D eigenvalue weighted by molar-refractivity contribution is 0.0637. The molecule has 0 spiro atoms. The number of rotatable bonds is 3. The summed E-state index contributed by atoms with van der Waals surface area (Å²) in [6, 6.07) is 18.6. The van der Waals surface area contributed by atoms with Gasteiger partial charge >= 0.3 is 0 Å². The molecule has 22 heavy (non-hydrogen) atoms. The largest absolute Gasteiger partial charge is 0.338 e. The first-order valence-electron chi connectivity index (χ1n) is 7.69. The number of ketones is 1. The molecule has 0 radical (unpaired) electrons. The van der Waals surface area contributed by atoms with Crippen LogP contribution in [0.15, 0.2) is 60.7 Å². The molecule has 2 aromatic rings. The van der Waals surface area contributed by atoms with Crippen LogP contribution in [0.25, 0.3) is 0 Å². The Bertz CT molecular complexity index is 594. The SMILES string of the molecule is O=C(c1ccccc1)[C@@H]1CCCN(C(=O)c2ccccc2)C1. The van der Waals surface area contributed by atoms with E-state index in [4.69, 9.17) is 0 Å². The average Bonchev–Trinajstić information content (AvgIpc) is 2.62. The van der Waals surface area contributed by atoms with Crippen molar-refractivity contribution < 1.29 is 9.59 Å². The highest BCUT2D eigenvalue weighted by Gasteiger charge is 2.29. The average molecular weight is 293 g/mol. The summed E-state index contributed by atoms with van der Waals surface area (Å²) in [6.07, 6.45) is 1.73. The van der Waals surface area contributed by atoms with Crippen molar-refractivity contribution in [2.24, 2.45) is 5.92 Å². The Labute approximate surface area is 130 Å². The number of carbonyl (C=O) groups is 2. The van der Waals surface area contributed by atoms with E-state index in [1.165, 1.54) is 0 Å². The number of benzene rings is 2. The second-order valence-electron chi connectivity index (χ2n) is 5.69. The smallest absolute Gasteiger partial charge is 0.253 e. The fourth-order valence-corrected chi connectivity index (χ4v) is 2.98. The minimum atomic E-state index is -0.0937. The third-order valence-electron chi connectivity index (χ3n) is 4.16. The van der Waals surface area contributed by atoms with Crippen LogP contribution in [0.4, 0.5) is 0 Å². The van der Waals surface area contributed by atoms with Gasteiger partial charge in [0.25, 0.3) is 5.91 Å². The van der Waals surface area contributed by atoms with Crippen molar-refractivity contribution in [1.29, 1.82) is 0 Å². The van der Waals surface area contributed by atoms with Gasteiger partial charge in [0.15, 0.2) is 5.78 Å². The van der Waals surface area contributed by atoms with Crippen LogP contribution in [0, 0.1) is 5.92 Å². The summed E-state index contributed by atoms with van der Waals surface area (Å²) in [6.45, 7) is 1.24. The van der Waals surface area contributed by atoms with Crippen LogP contribution in [0.1, 0.15) is 33.6 Å². The molecule has 0 N–H and O–H groups in total. The zero-order chi connectivity index (χ0) is 15.4. The molecule has 1 amide bonds. The van der Waals surface area contributed by atoms with Crippen LogP contribution >= 0.6 is 0 Å². The highest BCUT2D eigenvalue weighted by Crippen LogP contribution is 2.22. The molecule has 2 aromatic carbocycles. The fraction of sp³-hybridized carbons (Fsp3) is 0.263. The number of nitrogens with zero attached hydrogens (tertiary/aromatic N) is 1. The van der Waals surface area contributed by atoms with E-state index in [9.17, 15) is 9.59 Å². The Hall–Kier alpha value is -2.42. The predicted molar refractivity (Wildman–Crippen MR) is 85.8 cm³/mol. The van der Waals surface area contributed by atoms with Crippen molar-refractivity contribution in [3.63, 3.8) is 0 Å². The highest BCUT2D eigenvalue weighted by atomic mass is 16.2. The first kappa shape index (κ1) is 14.5. The highest BCUT2D eigenvalue weighted by molar-refractivity contribution is 5.99. The van der Waals surface area contributed by atoms with Crippen LogP contribution in [-0.2, 0) is 0 Å². The van der Waals surface area contributed by atoms with Crippen molar-refractivity contribution in [2.75, 3.05) is 13.1 Å². The predicted octanol–water partition coefficient (Wildman–Crippen LogP) is 3.42. The number of Topliss-reactive ketones (excluding diaryl/α,β-unsaturated/α-hetero) is 1. The Morgan fingerprint density at radius 1 is 0.864 bits per heavy atom. The Balaban J connectivity index is 1.72. The molecule has 1 aliphatic heterocycles. The molecule has 1 atom stereocenters. The summed E-state index contributed by atoms with van der Waals surface area (Å²) in [5.41, 5.74) is 1.43. The molecule has 1 heterocycles. The molecule has 0 saturated carbocycles. The quantitative estimate of drug-likeness (QED) is 0.813. The number of amides is 1. The Morgan fingerprint density at radius 2 is 1.45 bits per heavy atom. The van der Waals surface area contributed by atoms with E-state index >= 15 is 0 Å². The minimum Gasteiger partial charge on any atom is -0.338 e. The maximum atomic E-state index is 12.6. The first-order chi connectivity index (χ1) is 10.8. The van der Waals surface area contributed by atoms with Gasteiger partial charge in [-0.05, 0) is 25.0 Å². The normalized spacial score (nSPS) is 18.0. The van der Waals surface area contributed by atoms with Crippen LogP contribution in [0.3, 0.4) is 0 Å². The van der Waals surface area contributed by atoms with Gasteiger partial charge in [-0.1, -0.05) is 48.5 Å². The summed E-state index contributed by atoms with van der Waals surface area (Å²) in [4.78, 5) is 26.9. The van der Waals surface area contributed by atoms with Crippen LogP contribution in [-0.4, -0.2) is 29.7 Å². The van der Waals surface area contributed by atoms with E-state index in [0.29, 0.717) is 12.1 Å². The van der Waals surface area contributed by atoms with Crippen LogP contribution < -0.4 is 0 Å². The number of likely N-dealkylation sites (tertiary alicyclic amines) is 1. The molecule has 3 rings (SSSR count). The van der Waals surface area contributed by atoms with Crippen LogP contribution in [0.5, 0.6) is 0 Å². The molecule has 1 fully saturated rings. The topological polar surface area (TPSA) is 37.4 Å². The van der Waals surface area contributed by atoms with Gasteiger partial charge < -0.3 is 4.90 Å². The standard InChI is InChI=1S/C19H19NO2/c21-18(15-8-3-1-4-9-15)17-12-7-13-20(14-17)19(22)16-10-5-2-6-11-16/h1-6,8-11,17H,7,12-14H2/t17-/m1/s1. The molecule has 0 aromatic heterocycles. The van der Waals surface area contributed by atoms with Crippen molar-refractivity contribution in [1.82, 2.24) is 4.90 Å². The van der Waals surface area contributed by atoms with E-state index in [1.54, 1.807) is 0 Å². The molecule has 3 nitrogen and oxygen atoms in total. The van der Waals surface area contributed by atoms with Gasteiger partial charge in [0.05, 0.1) is 0 Å². The number of carbonyl (C=O) groups excluding carboxylic acids is 2. The van der Waals surface area contributed by atoms with Gasteiger partial charge in [0.1, 0.15) is 0 Å². The molecular weight excluding hydrogens is 274 g/mol. The van der Waals surface area contributed by atoms with E-state index in [1.807, 2.05) is 65.6 Å². The Morgan fingerprint density at radius 3 is 2.09 bits per heavy atom. The zero-order valence-electron chi connectivity index (χ0n) is 12.4. The maximum Gasteiger partial charge on any atom is 0.253 e. The van der Waals surface area contributed by atoms with Crippen molar-refractivity contribution in [3.8, 4) is 0 Å². The van der Waals surface area contributed by atoms with Crippen molar-refractivity contribution in [3.05, 3.63) is 71.8 Å². The van der Waals surface area contributed by atoms with Gasteiger partial charge in [0.2, 0.25) is 0 Å². The molecule has 0 unspecified atom stereocenters. The molecular formula is C19H19NO2. The summed E-state index contributed by atoms with van der Waals surface area (Å²) in [5, 5.41) is 0. The van der Waals surface area contributed by atoms with E-state index in [-0.39, 0.29) is 17.6 Å². The lowest BCUT2D eigenvalue weighted by atomic mass is 9.89. The monoisotopic (exact) mass is 293 g/mol. The van der Waals surface area contributed by atoms with Gasteiger partial charge in [0, 0.05) is 30.1 Å². The second kappa shape index (κ2) is 6.56. The number of hydrogen-bond acceptors (Lipinski definition) is 2. The summed E-state index contributed by atoms with van der Waals surface area (Å²) in [7, 11) is 0. The molecule has 3 heteroatoms. The number of hydrogen-bond donors (Lipinski definition) is 0. The molecule has 1 aliphatic rings. The molecule has 0 bridgehead atoms. The fourth-order valence-electron chi connectivity index (χ4n) is 2.98. The van der Waals surface area contributed by atoms with Gasteiger partial charge in [-0.3, -0.25) is 9.59 Å². The molecule has 112 valence electrons. The Kier molecular flexibility index (Phi) is 4.33. The first-order valence-corrected chi connectivity index (χ1v) is 7.69. The van der Waals surface area contributed by atoms with E-state index in [2.05, 4.69) is 0 Å². The minimum absolute atomic E-state index is 0.0196. The second-order valence-corrected chi connectivity index (χ2v) is 5.69. The van der Waals surface area contributed by atoms with E-state index in [0.717, 1.165) is 24.9 Å². The van der Waals surface area contributed by atoms with Crippen molar-refractivity contribution in [2.45, 2.75) is 12.8 Å². The van der Waals surface area contributed by atoms with Gasteiger partial charge in [-0.25, -0.2) is 0 Å². The summed E-state index contributed by atoms with van der Waals surface area (Å²) in [5.74, 6) is 0.0705. The third-order valence-corrected chi connectivity index (χ3v) is 4.16. The maximum absolute atomic E-state index is 12.6. The molecule has 0 aliphatic carbocycles. The van der Waals surface area contributed by atoms with E-state index < -0.39 is 0 Å². The van der Waals surface area contributed by atoms with Crippen molar-refractivity contribution >= 4 is 11.7 Å².